The first-order chi connectivity index (χ1) is 9.88. The van der Waals surface area contributed by atoms with Crippen molar-refractivity contribution in [1.29, 1.82) is 0 Å². The van der Waals surface area contributed by atoms with Gasteiger partial charge in [-0.1, -0.05) is 0 Å². The molecule has 2 aromatic rings. The molecule has 6 nitrogen and oxygen atoms in total. The number of nitrogens with two attached hydrogens (primary N) is 1. The lowest BCUT2D eigenvalue weighted by Crippen LogP contribution is -2.40. The molecule has 0 unspecified atom stereocenters. The Kier molecular flexibility index (Phi) is 4.57. The standard InChI is InChI=1S/C15H24N4O2/c1-9(2)19(10(3)4)6-5-17-12-8-13-14(7-11(12)16)21-15(20)18-13/h7-10,17H,5-6,16H2,1-4H3,(H,18,20). The number of nitrogen functional groups attached to an aromatic ring is 1. The summed E-state index contributed by atoms with van der Waals surface area (Å²) in [5.41, 5.74) is 8.50. The molecule has 2 rings (SSSR count). The summed E-state index contributed by atoms with van der Waals surface area (Å²) >= 11 is 0. The Labute approximate surface area is 124 Å². The Hall–Kier alpha value is -1.95. The fourth-order valence-corrected chi connectivity index (χ4v) is 2.60. The number of rotatable bonds is 6. The molecule has 0 aliphatic rings. The fraction of sp³-hybridized carbons (Fsp3) is 0.533. The molecule has 21 heavy (non-hydrogen) atoms. The van der Waals surface area contributed by atoms with Crippen LogP contribution in [0.4, 0.5) is 11.4 Å². The molecule has 0 spiro atoms. The number of benzene rings is 1. The molecule has 1 heterocycles. The van der Waals surface area contributed by atoms with Crippen LogP contribution in [0.2, 0.25) is 0 Å². The highest BCUT2D eigenvalue weighted by atomic mass is 16.4. The number of nitrogens with zero attached hydrogens (tertiary/aromatic N) is 1. The Morgan fingerprint density at radius 2 is 1.95 bits per heavy atom. The van der Waals surface area contributed by atoms with Gasteiger partial charge < -0.3 is 15.5 Å². The lowest BCUT2D eigenvalue weighted by Gasteiger charge is -2.30. The molecule has 1 aromatic carbocycles. The topological polar surface area (TPSA) is 87.3 Å². The quantitative estimate of drug-likeness (QED) is 0.711. The van der Waals surface area contributed by atoms with Gasteiger partial charge in [-0.2, -0.15) is 0 Å². The predicted octanol–water partition coefficient (Wildman–Crippen LogP) is 2.23. The van der Waals surface area contributed by atoms with Gasteiger partial charge in [0, 0.05) is 31.2 Å². The van der Waals surface area contributed by atoms with Crippen molar-refractivity contribution in [2.24, 2.45) is 0 Å². The average molecular weight is 292 g/mol. The summed E-state index contributed by atoms with van der Waals surface area (Å²) in [5, 5.41) is 3.32. The summed E-state index contributed by atoms with van der Waals surface area (Å²) in [6, 6.07) is 4.47. The number of hydrogen-bond acceptors (Lipinski definition) is 5. The van der Waals surface area contributed by atoms with Gasteiger partial charge in [0.1, 0.15) is 0 Å². The van der Waals surface area contributed by atoms with E-state index in [0.29, 0.717) is 28.9 Å². The van der Waals surface area contributed by atoms with Gasteiger partial charge in [0.05, 0.1) is 16.9 Å². The fourth-order valence-electron chi connectivity index (χ4n) is 2.60. The average Bonchev–Trinajstić information content (AvgIpc) is 2.72. The number of fused-ring (bicyclic) bond motifs is 1. The molecule has 0 bridgehead atoms. The second kappa shape index (κ2) is 6.22. The third-order valence-corrected chi connectivity index (χ3v) is 3.60. The highest BCUT2D eigenvalue weighted by Crippen LogP contribution is 2.24. The van der Waals surface area contributed by atoms with Crippen molar-refractivity contribution in [1.82, 2.24) is 9.88 Å². The van der Waals surface area contributed by atoms with Gasteiger partial charge >= 0.3 is 5.76 Å². The first-order valence-corrected chi connectivity index (χ1v) is 7.30. The van der Waals surface area contributed by atoms with Gasteiger partial charge in [0.2, 0.25) is 0 Å². The Bertz CT molecular complexity index is 649. The largest absolute Gasteiger partial charge is 0.417 e. The molecular weight excluding hydrogens is 268 g/mol. The zero-order valence-corrected chi connectivity index (χ0v) is 13.1. The van der Waals surface area contributed by atoms with Crippen molar-refractivity contribution in [3.8, 4) is 0 Å². The Morgan fingerprint density at radius 1 is 1.29 bits per heavy atom. The minimum absolute atomic E-state index is 0.465. The molecule has 0 fully saturated rings. The van der Waals surface area contributed by atoms with E-state index in [2.05, 4.69) is 42.9 Å². The van der Waals surface area contributed by atoms with Crippen LogP contribution in [0.15, 0.2) is 21.3 Å². The number of nitrogens with one attached hydrogen (secondary N) is 2. The molecule has 0 saturated carbocycles. The molecule has 6 heteroatoms. The third kappa shape index (κ3) is 3.58. The lowest BCUT2D eigenvalue weighted by atomic mass is 10.2. The monoisotopic (exact) mass is 292 g/mol. The maximum atomic E-state index is 11.2. The van der Waals surface area contributed by atoms with E-state index in [4.69, 9.17) is 10.2 Å². The summed E-state index contributed by atoms with van der Waals surface area (Å²) < 4.78 is 4.98. The van der Waals surface area contributed by atoms with Crippen LogP contribution in [0.25, 0.3) is 11.1 Å². The normalized spacial score (nSPS) is 12.0. The van der Waals surface area contributed by atoms with E-state index in [1.165, 1.54) is 0 Å². The molecule has 116 valence electrons. The minimum Gasteiger partial charge on any atom is -0.408 e. The molecule has 0 radical (unpaired) electrons. The Balaban J connectivity index is 2.06. The van der Waals surface area contributed by atoms with Crippen LogP contribution in [-0.2, 0) is 0 Å². The highest BCUT2D eigenvalue weighted by molar-refractivity contribution is 5.85. The van der Waals surface area contributed by atoms with E-state index < -0.39 is 5.76 Å². The van der Waals surface area contributed by atoms with Crippen LogP contribution < -0.4 is 16.8 Å². The van der Waals surface area contributed by atoms with Crippen molar-refractivity contribution in [2.45, 2.75) is 39.8 Å². The lowest BCUT2D eigenvalue weighted by molar-refractivity contribution is 0.182. The van der Waals surface area contributed by atoms with Gasteiger partial charge in [-0.3, -0.25) is 9.88 Å². The number of H-pyrrole nitrogens is 1. The molecule has 4 N–H and O–H groups in total. The highest BCUT2D eigenvalue weighted by Gasteiger charge is 2.13. The van der Waals surface area contributed by atoms with Crippen molar-refractivity contribution in [3.63, 3.8) is 0 Å². The number of anilines is 2. The number of aromatic nitrogens is 1. The summed E-state index contributed by atoms with van der Waals surface area (Å²) in [4.78, 5) is 16.2. The van der Waals surface area contributed by atoms with E-state index in [1.54, 1.807) is 6.07 Å². The van der Waals surface area contributed by atoms with E-state index in [0.717, 1.165) is 18.8 Å². The van der Waals surface area contributed by atoms with Crippen molar-refractivity contribution in [2.75, 3.05) is 24.1 Å². The van der Waals surface area contributed by atoms with Gasteiger partial charge in [-0.25, -0.2) is 4.79 Å². The molecule has 1 aromatic heterocycles. The summed E-state index contributed by atoms with van der Waals surface area (Å²) in [5.74, 6) is -0.465. The van der Waals surface area contributed by atoms with Crippen molar-refractivity contribution < 1.29 is 4.42 Å². The smallest absolute Gasteiger partial charge is 0.408 e. The zero-order chi connectivity index (χ0) is 15.6. The Morgan fingerprint density at radius 3 is 2.57 bits per heavy atom. The second-order valence-corrected chi connectivity index (χ2v) is 5.80. The second-order valence-electron chi connectivity index (χ2n) is 5.80. The molecule has 0 saturated heterocycles. The SMILES string of the molecule is CC(C)N(CCNc1cc2[nH]c(=O)oc2cc1N)C(C)C. The van der Waals surface area contributed by atoms with Crippen LogP contribution >= 0.6 is 0 Å². The zero-order valence-electron chi connectivity index (χ0n) is 13.1. The maximum Gasteiger partial charge on any atom is 0.417 e. The summed E-state index contributed by atoms with van der Waals surface area (Å²) in [6.07, 6.45) is 0. The number of oxazole rings is 1. The summed E-state index contributed by atoms with van der Waals surface area (Å²) in [7, 11) is 0. The first-order valence-electron chi connectivity index (χ1n) is 7.30. The maximum absolute atomic E-state index is 11.2. The van der Waals surface area contributed by atoms with Crippen molar-refractivity contribution in [3.05, 3.63) is 22.7 Å². The number of hydrogen-bond donors (Lipinski definition) is 3. The van der Waals surface area contributed by atoms with Crippen LogP contribution in [-0.4, -0.2) is 35.1 Å². The van der Waals surface area contributed by atoms with Gasteiger partial charge in [0.25, 0.3) is 0 Å². The summed E-state index contributed by atoms with van der Waals surface area (Å²) in [6.45, 7) is 10.5. The molecule has 0 aliphatic carbocycles. The van der Waals surface area contributed by atoms with Gasteiger partial charge in [-0.05, 0) is 33.8 Å². The first kappa shape index (κ1) is 15.4. The van der Waals surface area contributed by atoms with Crippen LogP contribution in [0.5, 0.6) is 0 Å². The third-order valence-electron chi connectivity index (χ3n) is 3.60. The van der Waals surface area contributed by atoms with E-state index >= 15 is 0 Å². The van der Waals surface area contributed by atoms with Gasteiger partial charge in [0.15, 0.2) is 5.58 Å². The van der Waals surface area contributed by atoms with E-state index in [9.17, 15) is 4.79 Å². The molecule has 0 atom stereocenters. The van der Waals surface area contributed by atoms with Gasteiger partial charge in [-0.15, -0.1) is 0 Å². The minimum atomic E-state index is -0.465. The number of aromatic amines is 1. The molecule has 0 aliphatic heterocycles. The van der Waals surface area contributed by atoms with E-state index in [-0.39, 0.29) is 0 Å². The molecular formula is C15H24N4O2. The van der Waals surface area contributed by atoms with Crippen LogP contribution in [0.3, 0.4) is 0 Å². The van der Waals surface area contributed by atoms with E-state index in [1.807, 2.05) is 6.07 Å². The van der Waals surface area contributed by atoms with Crippen molar-refractivity contribution >= 4 is 22.5 Å². The van der Waals surface area contributed by atoms with Crippen LogP contribution in [0.1, 0.15) is 27.7 Å². The predicted molar refractivity (Wildman–Crippen MR) is 86.7 cm³/mol. The van der Waals surface area contributed by atoms with Crippen LogP contribution in [0, 0.1) is 0 Å². The molecule has 0 amide bonds.